The molecule has 1 fully saturated rings. The maximum absolute atomic E-state index is 13.3. The number of para-hydroxylation sites is 2. The van der Waals surface area contributed by atoms with E-state index in [2.05, 4.69) is 38.3 Å². The number of methoxy groups -OCH3 is 1. The molecule has 0 aliphatic carbocycles. The number of ether oxygens (including phenoxy) is 1. The zero-order valence-corrected chi connectivity index (χ0v) is 24.3. The maximum Gasteiger partial charge on any atom is 0.253 e. The highest BCUT2D eigenvalue weighted by Gasteiger charge is 2.24. The van der Waals surface area contributed by atoms with Gasteiger partial charge in [0, 0.05) is 50.5 Å². The van der Waals surface area contributed by atoms with Crippen molar-refractivity contribution in [2.75, 3.05) is 75.6 Å². The number of hydrogen-bond donors (Lipinski definition) is 2. The Labute approximate surface area is 234 Å². The van der Waals surface area contributed by atoms with Crippen LogP contribution in [0.5, 0.6) is 5.75 Å². The molecule has 214 valence electrons. The summed E-state index contributed by atoms with van der Waals surface area (Å²) < 4.78 is 5.56. The van der Waals surface area contributed by atoms with Gasteiger partial charge in [0.05, 0.1) is 18.4 Å². The summed E-state index contributed by atoms with van der Waals surface area (Å²) in [6, 6.07) is 13.8. The topological polar surface area (TPSA) is 77.1 Å². The SMILES string of the molecule is CCCCCCCC(=O)Nc1ccc(N2CCN(c3ccccc3OC)CC2)c(C(=O)NCCCN(C)C)c1. The number of piperazine rings is 1. The molecule has 0 saturated carbocycles. The summed E-state index contributed by atoms with van der Waals surface area (Å²) in [6.07, 6.45) is 6.90. The van der Waals surface area contributed by atoms with E-state index in [1.165, 1.54) is 19.3 Å². The van der Waals surface area contributed by atoms with Gasteiger partial charge in [0.2, 0.25) is 5.91 Å². The van der Waals surface area contributed by atoms with Gasteiger partial charge in [0.1, 0.15) is 5.75 Å². The van der Waals surface area contributed by atoms with Crippen LogP contribution in [0, 0.1) is 0 Å². The van der Waals surface area contributed by atoms with Crippen LogP contribution < -0.4 is 25.2 Å². The molecule has 2 aromatic rings. The largest absolute Gasteiger partial charge is 0.495 e. The Morgan fingerprint density at radius 3 is 2.28 bits per heavy atom. The van der Waals surface area contributed by atoms with Gasteiger partial charge in [0.15, 0.2) is 0 Å². The van der Waals surface area contributed by atoms with E-state index in [0.29, 0.717) is 24.2 Å². The first-order chi connectivity index (χ1) is 18.9. The first-order valence-corrected chi connectivity index (χ1v) is 14.4. The van der Waals surface area contributed by atoms with E-state index in [9.17, 15) is 9.59 Å². The Hall–Kier alpha value is -3.26. The van der Waals surface area contributed by atoms with Crippen LogP contribution in [-0.4, -0.2) is 77.2 Å². The minimum absolute atomic E-state index is 0.00186. The van der Waals surface area contributed by atoms with E-state index >= 15 is 0 Å². The van der Waals surface area contributed by atoms with Crippen LogP contribution in [0.2, 0.25) is 0 Å². The number of benzene rings is 2. The van der Waals surface area contributed by atoms with Crippen LogP contribution in [-0.2, 0) is 4.79 Å². The lowest BCUT2D eigenvalue weighted by molar-refractivity contribution is -0.116. The number of nitrogens with one attached hydrogen (secondary N) is 2. The van der Waals surface area contributed by atoms with E-state index in [0.717, 1.165) is 69.1 Å². The Balaban J connectivity index is 1.69. The van der Waals surface area contributed by atoms with Crippen molar-refractivity contribution >= 4 is 28.9 Å². The average Bonchev–Trinajstić information content (AvgIpc) is 2.95. The van der Waals surface area contributed by atoms with Crippen LogP contribution in [0.15, 0.2) is 42.5 Å². The molecule has 8 heteroatoms. The van der Waals surface area contributed by atoms with E-state index in [1.807, 2.05) is 50.5 Å². The molecule has 39 heavy (non-hydrogen) atoms. The highest BCUT2D eigenvalue weighted by molar-refractivity contribution is 6.02. The number of anilines is 3. The second kappa shape index (κ2) is 16.0. The number of hydrogen-bond acceptors (Lipinski definition) is 6. The fourth-order valence-corrected chi connectivity index (χ4v) is 4.96. The van der Waals surface area contributed by atoms with Gasteiger partial charge in [-0.1, -0.05) is 44.7 Å². The number of carbonyl (C=O) groups excluding carboxylic acids is 2. The summed E-state index contributed by atoms with van der Waals surface area (Å²) in [5.74, 6) is 0.766. The standard InChI is InChI=1S/C31H47N5O3/c1-5-6-7-8-9-15-30(37)33-25-16-17-27(26(24-25)31(38)32-18-12-19-34(2)3)35-20-22-36(23-21-35)28-13-10-11-14-29(28)39-4/h10-11,13-14,16-17,24H,5-9,12,15,18-23H2,1-4H3,(H,32,38)(H,33,37). The second-order valence-electron chi connectivity index (χ2n) is 10.5. The summed E-state index contributed by atoms with van der Waals surface area (Å²) in [4.78, 5) is 32.6. The van der Waals surface area contributed by atoms with Gasteiger partial charge in [-0.25, -0.2) is 0 Å². The molecule has 2 N–H and O–H groups in total. The van der Waals surface area contributed by atoms with Gasteiger partial charge in [-0.05, 0) is 63.8 Å². The smallest absolute Gasteiger partial charge is 0.253 e. The van der Waals surface area contributed by atoms with Crippen molar-refractivity contribution in [3.8, 4) is 5.75 Å². The van der Waals surface area contributed by atoms with Gasteiger partial charge >= 0.3 is 0 Å². The van der Waals surface area contributed by atoms with E-state index < -0.39 is 0 Å². The molecular formula is C31H47N5O3. The third kappa shape index (κ3) is 9.46. The fraction of sp³-hybridized carbons (Fsp3) is 0.548. The highest BCUT2D eigenvalue weighted by Crippen LogP contribution is 2.31. The van der Waals surface area contributed by atoms with Gasteiger partial charge in [-0.2, -0.15) is 0 Å². The second-order valence-corrected chi connectivity index (χ2v) is 10.5. The molecule has 0 radical (unpaired) electrons. The van der Waals surface area contributed by atoms with Gasteiger partial charge in [-0.15, -0.1) is 0 Å². The highest BCUT2D eigenvalue weighted by atomic mass is 16.5. The molecule has 0 unspecified atom stereocenters. The number of nitrogens with zero attached hydrogens (tertiary/aromatic N) is 3. The zero-order chi connectivity index (χ0) is 28.0. The molecule has 8 nitrogen and oxygen atoms in total. The third-order valence-electron chi connectivity index (χ3n) is 7.15. The van der Waals surface area contributed by atoms with Crippen LogP contribution in [0.1, 0.15) is 62.2 Å². The van der Waals surface area contributed by atoms with Crippen LogP contribution in [0.25, 0.3) is 0 Å². The van der Waals surface area contributed by atoms with Crippen molar-refractivity contribution in [3.63, 3.8) is 0 Å². The molecule has 2 amide bonds. The predicted octanol–water partition coefficient (Wildman–Crippen LogP) is 5.00. The third-order valence-corrected chi connectivity index (χ3v) is 7.15. The van der Waals surface area contributed by atoms with Crippen molar-refractivity contribution in [1.82, 2.24) is 10.2 Å². The lowest BCUT2D eigenvalue weighted by atomic mass is 10.1. The lowest BCUT2D eigenvalue weighted by Gasteiger charge is -2.38. The molecule has 0 atom stereocenters. The van der Waals surface area contributed by atoms with Gasteiger partial charge in [0.25, 0.3) is 5.91 Å². The molecule has 3 rings (SSSR count). The quantitative estimate of drug-likeness (QED) is 0.311. The first kappa shape index (κ1) is 30.3. The molecule has 0 spiro atoms. The average molecular weight is 538 g/mol. The van der Waals surface area contributed by atoms with Crippen LogP contribution >= 0.6 is 0 Å². The molecule has 1 aliphatic rings. The summed E-state index contributed by atoms with van der Waals surface area (Å²) in [5.41, 5.74) is 3.26. The molecule has 1 heterocycles. The Bertz CT molecular complexity index is 1050. The van der Waals surface area contributed by atoms with Gasteiger partial charge in [-0.3, -0.25) is 9.59 Å². The van der Waals surface area contributed by atoms with Crippen molar-refractivity contribution < 1.29 is 14.3 Å². The summed E-state index contributed by atoms with van der Waals surface area (Å²) in [5, 5.41) is 6.10. The fourth-order valence-electron chi connectivity index (χ4n) is 4.96. The molecule has 2 aromatic carbocycles. The monoisotopic (exact) mass is 537 g/mol. The molecule has 1 saturated heterocycles. The molecule has 0 aromatic heterocycles. The van der Waals surface area contributed by atoms with Crippen LogP contribution in [0.3, 0.4) is 0 Å². The Morgan fingerprint density at radius 2 is 1.59 bits per heavy atom. The number of rotatable bonds is 15. The molecule has 0 bridgehead atoms. The summed E-state index contributed by atoms with van der Waals surface area (Å²) in [6.45, 7) is 6.90. The molecule has 1 aliphatic heterocycles. The summed E-state index contributed by atoms with van der Waals surface area (Å²) >= 11 is 0. The Morgan fingerprint density at radius 1 is 0.897 bits per heavy atom. The number of amides is 2. The van der Waals surface area contributed by atoms with Crippen LogP contribution in [0.4, 0.5) is 17.1 Å². The van der Waals surface area contributed by atoms with E-state index in [-0.39, 0.29) is 11.8 Å². The minimum Gasteiger partial charge on any atom is -0.495 e. The summed E-state index contributed by atoms with van der Waals surface area (Å²) in [7, 11) is 5.76. The zero-order valence-electron chi connectivity index (χ0n) is 24.3. The minimum atomic E-state index is -0.105. The number of carbonyl (C=O) groups is 2. The van der Waals surface area contributed by atoms with Crippen molar-refractivity contribution in [2.24, 2.45) is 0 Å². The van der Waals surface area contributed by atoms with E-state index in [1.54, 1.807) is 7.11 Å². The predicted molar refractivity (Wildman–Crippen MR) is 161 cm³/mol. The van der Waals surface area contributed by atoms with Crippen molar-refractivity contribution in [3.05, 3.63) is 48.0 Å². The van der Waals surface area contributed by atoms with Crippen molar-refractivity contribution in [2.45, 2.75) is 51.9 Å². The maximum atomic E-state index is 13.3. The molecular weight excluding hydrogens is 490 g/mol. The first-order valence-electron chi connectivity index (χ1n) is 14.4. The van der Waals surface area contributed by atoms with E-state index in [4.69, 9.17) is 4.74 Å². The Kier molecular flexibility index (Phi) is 12.4. The number of unbranched alkanes of at least 4 members (excludes halogenated alkanes) is 4. The lowest BCUT2D eigenvalue weighted by Crippen LogP contribution is -2.47. The van der Waals surface area contributed by atoms with Gasteiger partial charge < -0.3 is 30.1 Å². The van der Waals surface area contributed by atoms with Crippen molar-refractivity contribution in [1.29, 1.82) is 0 Å². The normalized spacial score (nSPS) is 13.5.